The molecule has 0 unspecified atom stereocenters. The van der Waals surface area contributed by atoms with Crippen LogP contribution < -0.4 is 0 Å². The zero-order chi connectivity index (χ0) is 44.4. The van der Waals surface area contributed by atoms with E-state index in [-0.39, 0.29) is 5.56 Å². The molecule has 0 fully saturated rings. The van der Waals surface area contributed by atoms with E-state index < -0.39 is 11.7 Å². The minimum absolute atomic E-state index is 0.134. The quantitative estimate of drug-likeness (QED) is 0.176. The average molecular weight is 859 g/mol. The molecule has 9 aromatic carbocycles. The summed E-state index contributed by atoms with van der Waals surface area (Å²) in [5.41, 5.74) is 9.45. The van der Waals surface area contributed by atoms with Gasteiger partial charge in [-0.05, 0) is 102 Å². The molecule has 0 saturated heterocycles. The standard InChI is InChI=1S/C57H29F3N4O2/c58-57(59,60)34-18-20-36(33(28-34)31-62)37-21-19-35(63-46-13-5-1-11-42(46)53-49(63)25-22-40-38-9-3-7-15-51(38)65-55(40)53)29-44(37)45-27-32(30-61)17-24-48(45)64-47-14-6-2-12-43(47)54-50(64)26-23-41-39-10-4-8-16-52(39)66-56(41)54/h1-29H. The number of rotatable bonds is 4. The Labute approximate surface area is 372 Å². The Morgan fingerprint density at radius 1 is 0.424 bits per heavy atom. The number of hydrogen-bond acceptors (Lipinski definition) is 4. The van der Waals surface area contributed by atoms with Crippen LogP contribution in [0, 0.1) is 22.7 Å². The van der Waals surface area contributed by atoms with Crippen molar-refractivity contribution < 1.29 is 22.0 Å². The molecular formula is C57H29F3N4O2. The van der Waals surface area contributed by atoms with Gasteiger partial charge in [0.2, 0.25) is 0 Å². The number of hydrogen-bond donors (Lipinski definition) is 0. The first kappa shape index (κ1) is 37.5. The van der Waals surface area contributed by atoms with Gasteiger partial charge < -0.3 is 18.0 Å². The molecule has 0 amide bonds. The largest absolute Gasteiger partial charge is 0.455 e. The Morgan fingerprint density at radius 2 is 0.985 bits per heavy atom. The molecule has 9 heteroatoms. The maximum Gasteiger partial charge on any atom is 0.416 e. The van der Waals surface area contributed by atoms with Gasteiger partial charge in [0, 0.05) is 49.1 Å². The molecule has 4 heterocycles. The van der Waals surface area contributed by atoms with Crippen molar-refractivity contribution in [1.29, 1.82) is 10.5 Å². The molecule has 0 spiro atoms. The van der Waals surface area contributed by atoms with Crippen molar-refractivity contribution in [3.05, 3.63) is 193 Å². The number of alkyl halides is 3. The van der Waals surface area contributed by atoms with Crippen molar-refractivity contribution in [1.82, 2.24) is 9.13 Å². The van der Waals surface area contributed by atoms with Crippen LogP contribution in [0.15, 0.2) is 185 Å². The van der Waals surface area contributed by atoms with Crippen molar-refractivity contribution in [2.45, 2.75) is 6.18 Å². The number of fused-ring (bicyclic) bond motifs is 14. The van der Waals surface area contributed by atoms with Crippen molar-refractivity contribution in [2.75, 3.05) is 0 Å². The molecule has 0 aliphatic rings. The third-order valence-corrected chi connectivity index (χ3v) is 13.0. The average Bonchev–Trinajstić information content (AvgIpc) is 4.11. The second kappa shape index (κ2) is 13.7. The van der Waals surface area contributed by atoms with Crippen LogP contribution >= 0.6 is 0 Å². The predicted molar refractivity (Wildman–Crippen MR) is 255 cm³/mol. The Hall–Kier alpha value is -9.05. The Bertz CT molecular complexity index is 4320. The molecule has 0 radical (unpaired) electrons. The van der Waals surface area contributed by atoms with Crippen molar-refractivity contribution in [2.24, 2.45) is 0 Å². The number of aromatic nitrogens is 2. The van der Waals surface area contributed by atoms with Crippen LogP contribution in [0.1, 0.15) is 16.7 Å². The summed E-state index contributed by atoms with van der Waals surface area (Å²) < 4.78 is 60.0. The highest BCUT2D eigenvalue weighted by molar-refractivity contribution is 6.25. The van der Waals surface area contributed by atoms with E-state index in [4.69, 9.17) is 8.83 Å². The van der Waals surface area contributed by atoms with Crippen LogP contribution in [0.3, 0.4) is 0 Å². The van der Waals surface area contributed by atoms with E-state index in [0.29, 0.717) is 33.5 Å². The Balaban J connectivity index is 1.14. The summed E-state index contributed by atoms with van der Waals surface area (Å²) in [6, 6.07) is 59.4. The fourth-order valence-electron chi connectivity index (χ4n) is 10.2. The SMILES string of the molecule is N#Cc1ccc(-n2c3ccccc3c3c4oc5ccccc5c4ccc32)c(-c2cc(-n3c4ccccc4c4c5oc6ccccc6c5ccc43)ccc2-c2ccc(C(F)(F)F)cc2C#N)c1. The predicted octanol–water partition coefficient (Wildman–Crippen LogP) is 15.8. The van der Waals surface area contributed by atoms with Gasteiger partial charge in [0.15, 0.2) is 0 Å². The number of benzene rings is 9. The Morgan fingerprint density at radius 3 is 1.59 bits per heavy atom. The van der Waals surface area contributed by atoms with Crippen LogP contribution in [0.25, 0.3) is 121 Å². The zero-order valence-corrected chi connectivity index (χ0v) is 34.5. The van der Waals surface area contributed by atoms with Gasteiger partial charge in [-0.3, -0.25) is 0 Å². The van der Waals surface area contributed by atoms with E-state index in [1.165, 1.54) is 6.07 Å². The fraction of sp³-hybridized carbons (Fsp3) is 0.0175. The smallest absolute Gasteiger partial charge is 0.416 e. The molecule has 4 aromatic heterocycles. The second-order valence-electron chi connectivity index (χ2n) is 16.5. The topological polar surface area (TPSA) is 83.7 Å². The van der Waals surface area contributed by atoms with Crippen LogP contribution in [0.5, 0.6) is 0 Å². The molecule has 13 rings (SSSR count). The van der Waals surface area contributed by atoms with Gasteiger partial charge >= 0.3 is 6.18 Å². The highest BCUT2D eigenvalue weighted by atomic mass is 19.4. The number of furan rings is 2. The highest BCUT2D eigenvalue weighted by Crippen LogP contribution is 2.47. The molecule has 310 valence electrons. The minimum atomic E-state index is -4.66. The van der Waals surface area contributed by atoms with E-state index in [1.54, 1.807) is 6.07 Å². The molecule has 0 aliphatic heterocycles. The van der Waals surface area contributed by atoms with Crippen molar-refractivity contribution in [3.8, 4) is 45.8 Å². The molecule has 13 aromatic rings. The maximum absolute atomic E-state index is 14.2. The highest BCUT2D eigenvalue weighted by Gasteiger charge is 2.32. The van der Waals surface area contributed by atoms with Gasteiger partial charge in [0.05, 0.1) is 67.4 Å². The first-order chi connectivity index (χ1) is 32.3. The zero-order valence-electron chi connectivity index (χ0n) is 34.5. The number of nitrogens with zero attached hydrogens (tertiary/aromatic N) is 4. The number of halogens is 3. The third-order valence-electron chi connectivity index (χ3n) is 13.0. The van der Waals surface area contributed by atoms with Gasteiger partial charge in [0.25, 0.3) is 0 Å². The first-order valence-electron chi connectivity index (χ1n) is 21.3. The third kappa shape index (κ3) is 5.29. The van der Waals surface area contributed by atoms with Crippen molar-refractivity contribution in [3.63, 3.8) is 0 Å². The van der Waals surface area contributed by atoms with Gasteiger partial charge in [-0.2, -0.15) is 23.7 Å². The molecular weight excluding hydrogens is 830 g/mol. The summed E-state index contributed by atoms with van der Waals surface area (Å²) in [5, 5.41) is 28.8. The monoisotopic (exact) mass is 858 g/mol. The molecule has 0 N–H and O–H groups in total. The lowest BCUT2D eigenvalue weighted by Crippen LogP contribution is -2.06. The normalized spacial score (nSPS) is 12.1. The number of para-hydroxylation sites is 4. The van der Waals surface area contributed by atoms with Crippen molar-refractivity contribution >= 4 is 87.5 Å². The van der Waals surface area contributed by atoms with Gasteiger partial charge in [-0.15, -0.1) is 0 Å². The molecule has 0 saturated carbocycles. The van der Waals surface area contributed by atoms with Crippen LogP contribution in [0.4, 0.5) is 13.2 Å². The molecule has 66 heavy (non-hydrogen) atoms. The summed E-state index contributed by atoms with van der Waals surface area (Å²) in [7, 11) is 0. The summed E-state index contributed by atoms with van der Waals surface area (Å²) in [4.78, 5) is 0. The fourth-order valence-corrected chi connectivity index (χ4v) is 10.2. The summed E-state index contributed by atoms with van der Waals surface area (Å²) in [6.07, 6.45) is -4.66. The van der Waals surface area contributed by atoms with E-state index in [2.05, 4.69) is 69.8 Å². The molecule has 0 bridgehead atoms. The van der Waals surface area contributed by atoms with E-state index in [0.717, 1.165) is 105 Å². The van der Waals surface area contributed by atoms with Gasteiger partial charge in [-0.25, -0.2) is 0 Å². The van der Waals surface area contributed by atoms with Crippen LogP contribution in [-0.2, 0) is 6.18 Å². The van der Waals surface area contributed by atoms with Gasteiger partial charge in [0.1, 0.15) is 22.3 Å². The minimum Gasteiger partial charge on any atom is -0.455 e. The summed E-state index contributed by atoms with van der Waals surface area (Å²) >= 11 is 0. The first-order valence-corrected chi connectivity index (χ1v) is 21.3. The maximum atomic E-state index is 14.2. The lowest BCUT2D eigenvalue weighted by molar-refractivity contribution is -0.137. The summed E-state index contributed by atoms with van der Waals surface area (Å²) in [6.45, 7) is 0. The van der Waals surface area contributed by atoms with Crippen LogP contribution in [-0.4, -0.2) is 9.13 Å². The van der Waals surface area contributed by atoms with E-state index in [1.807, 2.05) is 103 Å². The number of nitriles is 2. The molecule has 6 nitrogen and oxygen atoms in total. The summed E-state index contributed by atoms with van der Waals surface area (Å²) in [5.74, 6) is 0. The van der Waals surface area contributed by atoms with E-state index >= 15 is 0 Å². The lowest BCUT2D eigenvalue weighted by Gasteiger charge is -2.20. The van der Waals surface area contributed by atoms with Gasteiger partial charge in [-0.1, -0.05) is 84.9 Å². The van der Waals surface area contributed by atoms with Crippen LogP contribution in [0.2, 0.25) is 0 Å². The Kier molecular flexibility index (Phi) is 7.80. The molecule has 0 atom stereocenters. The van der Waals surface area contributed by atoms with E-state index in [9.17, 15) is 23.7 Å². The lowest BCUT2D eigenvalue weighted by atomic mass is 9.89. The second-order valence-corrected chi connectivity index (χ2v) is 16.5. The molecule has 0 aliphatic carbocycles.